The van der Waals surface area contributed by atoms with Gasteiger partial charge in [-0.25, -0.2) is 0 Å². The lowest BCUT2D eigenvalue weighted by atomic mass is 9.89. The number of nitrogens with one attached hydrogen (secondary N) is 1. The van der Waals surface area contributed by atoms with Crippen molar-refractivity contribution in [2.45, 2.75) is 52.0 Å². The number of nitrogens with zero attached hydrogens (tertiary/aromatic N) is 3. The Balaban J connectivity index is 1.45. The molecule has 5 heteroatoms. The summed E-state index contributed by atoms with van der Waals surface area (Å²) < 4.78 is 1.80. The summed E-state index contributed by atoms with van der Waals surface area (Å²) >= 11 is 0. The van der Waals surface area contributed by atoms with Gasteiger partial charge in [-0.3, -0.25) is 9.48 Å². The molecule has 0 atom stereocenters. The van der Waals surface area contributed by atoms with E-state index >= 15 is 0 Å². The Kier molecular flexibility index (Phi) is 6.67. The Labute approximate surface area is 162 Å². The fourth-order valence-electron chi connectivity index (χ4n) is 3.78. The van der Waals surface area contributed by atoms with Crippen LogP contribution in [0.3, 0.4) is 0 Å². The van der Waals surface area contributed by atoms with Crippen LogP contribution in [0.4, 0.5) is 0 Å². The lowest BCUT2D eigenvalue weighted by Crippen LogP contribution is -2.39. The maximum atomic E-state index is 12.5. The van der Waals surface area contributed by atoms with E-state index in [1.807, 2.05) is 13.0 Å². The lowest BCUT2D eigenvalue weighted by molar-refractivity contribution is 0.0935. The normalized spacial score (nSPS) is 16.0. The van der Waals surface area contributed by atoms with Gasteiger partial charge in [0, 0.05) is 19.6 Å². The standard InChI is InChI=1S/C22H32N4O/c1-4-26-21(16-20(24-26)17(2)3)22(27)23-12-15-25-13-10-19(11-14-25)18-8-6-5-7-9-18/h5-9,16-17,19H,4,10-15H2,1-3H3,(H,23,27). The number of piperidine rings is 1. The fraction of sp³-hybridized carbons (Fsp3) is 0.545. The summed E-state index contributed by atoms with van der Waals surface area (Å²) in [6.45, 7) is 10.7. The minimum absolute atomic E-state index is 0.0181. The van der Waals surface area contributed by atoms with Gasteiger partial charge in [-0.2, -0.15) is 5.10 Å². The van der Waals surface area contributed by atoms with Crippen LogP contribution in [0.15, 0.2) is 36.4 Å². The maximum absolute atomic E-state index is 12.5. The Morgan fingerprint density at radius 1 is 1.22 bits per heavy atom. The van der Waals surface area contributed by atoms with Crippen LogP contribution in [0.5, 0.6) is 0 Å². The highest BCUT2D eigenvalue weighted by Crippen LogP contribution is 2.27. The third-order valence-corrected chi connectivity index (χ3v) is 5.49. The van der Waals surface area contributed by atoms with Gasteiger partial charge < -0.3 is 10.2 Å². The van der Waals surface area contributed by atoms with Gasteiger partial charge >= 0.3 is 0 Å². The molecular weight excluding hydrogens is 336 g/mol. The van der Waals surface area contributed by atoms with Gasteiger partial charge in [0.2, 0.25) is 0 Å². The minimum atomic E-state index is -0.0181. The number of likely N-dealkylation sites (tertiary alicyclic amines) is 1. The van der Waals surface area contributed by atoms with Crippen LogP contribution in [0.2, 0.25) is 0 Å². The van der Waals surface area contributed by atoms with Crippen molar-refractivity contribution < 1.29 is 4.79 Å². The van der Waals surface area contributed by atoms with Crippen molar-refractivity contribution >= 4 is 5.91 Å². The topological polar surface area (TPSA) is 50.2 Å². The second-order valence-electron chi connectivity index (χ2n) is 7.71. The molecule has 146 valence electrons. The van der Waals surface area contributed by atoms with E-state index in [0.29, 0.717) is 30.6 Å². The predicted octanol–water partition coefficient (Wildman–Crippen LogP) is 3.64. The van der Waals surface area contributed by atoms with E-state index in [2.05, 4.69) is 59.5 Å². The van der Waals surface area contributed by atoms with Crippen LogP contribution in [-0.4, -0.2) is 46.8 Å². The van der Waals surface area contributed by atoms with Crippen molar-refractivity contribution in [3.05, 3.63) is 53.3 Å². The molecule has 1 aromatic heterocycles. The second kappa shape index (κ2) is 9.18. The number of hydrogen-bond donors (Lipinski definition) is 1. The fourth-order valence-corrected chi connectivity index (χ4v) is 3.78. The van der Waals surface area contributed by atoms with Crippen LogP contribution in [-0.2, 0) is 6.54 Å². The molecule has 27 heavy (non-hydrogen) atoms. The molecular formula is C22H32N4O. The number of carbonyl (C=O) groups excluding carboxylic acids is 1. The summed E-state index contributed by atoms with van der Waals surface area (Å²) in [5.41, 5.74) is 3.10. The van der Waals surface area contributed by atoms with Crippen molar-refractivity contribution in [1.29, 1.82) is 0 Å². The molecule has 1 saturated heterocycles. The van der Waals surface area contributed by atoms with Crippen molar-refractivity contribution in [2.24, 2.45) is 0 Å². The molecule has 0 radical (unpaired) electrons. The highest BCUT2D eigenvalue weighted by molar-refractivity contribution is 5.92. The summed E-state index contributed by atoms with van der Waals surface area (Å²) in [5, 5.41) is 7.60. The van der Waals surface area contributed by atoms with E-state index in [1.165, 1.54) is 18.4 Å². The Morgan fingerprint density at radius 3 is 2.56 bits per heavy atom. The van der Waals surface area contributed by atoms with Crippen molar-refractivity contribution in [2.75, 3.05) is 26.2 Å². The third-order valence-electron chi connectivity index (χ3n) is 5.49. The number of benzene rings is 1. The van der Waals surface area contributed by atoms with E-state index in [-0.39, 0.29) is 5.91 Å². The van der Waals surface area contributed by atoms with Crippen LogP contribution < -0.4 is 5.32 Å². The SMILES string of the molecule is CCn1nc(C(C)C)cc1C(=O)NCCN1CCC(c2ccccc2)CC1. The van der Waals surface area contributed by atoms with Gasteiger partial charge in [0.1, 0.15) is 5.69 Å². The highest BCUT2D eigenvalue weighted by Gasteiger charge is 2.21. The Morgan fingerprint density at radius 2 is 1.93 bits per heavy atom. The minimum Gasteiger partial charge on any atom is -0.349 e. The average molecular weight is 369 g/mol. The Bertz CT molecular complexity index is 730. The number of amides is 1. The van der Waals surface area contributed by atoms with Gasteiger partial charge in [-0.05, 0) is 56.3 Å². The van der Waals surface area contributed by atoms with E-state index in [4.69, 9.17) is 0 Å². The first-order valence-electron chi connectivity index (χ1n) is 10.2. The highest BCUT2D eigenvalue weighted by atomic mass is 16.2. The number of carbonyl (C=O) groups is 1. The summed E-state index contributed by atoms with van der Waals surface area (Å²) in [4.78, 5) is 15.0. The van der Waals surface area contributed by atoms with Gasteiger partial charge in [-0.15, -0.1) is 0 Å². The molecule has 0 aliphatic carbocycles. The average Bonchev–Trinajstić information content (AvgIpc) is 3.14. The van der Waals surface area contributed by atoms with E-state index in [0.717, 1.165) is 25.3 Å². The van der Waals surface area contributed by atoms with Crippen LogP contribution in [0.1, 0.15) is 67.2 Å². The van der Waals surface area contributed by atoms with Gasteiger partial charge in [-0.1, -0.05) is 44.2 Å². The van der Waals surface area contributed by atoms with Gasteiger partial charge in [0.15, 0.2) is 0 Å². The molecule has 0 bridgehead atoms. The van der Waals surface area contributed by atoms with Gasteiger partial charge in [0.05, 0.1) is 5.69 Å². The molecule has 1 fully saturated rings. The van der Waals surface area contributed by atoms with Crippen LogP contribution in [0.25, 0.3) is 0 Å². The zero-order chi connectivity index (χ0) is 19.2. The zero-order valence-electron chi connectivity index (χ0n) is 16.8. The van der Waals surface area contributed by atoms with Gasteiger partial charge in [0.25, 0.3) is 5.91 Å². The van der Waals surface area contributed by atoms with E-state index in [1.54, 1.807) is 4.68 Å². The van der Waals surface area contributed by atoms with Crippen LogP contribution in [0, 0.1) is 0 Å². The van der Waals surface area contributed by atoms with Crippen LogP contribution >= 0.6 is 0 Å². The first-order valence-corrected chi connectivity index (χ1v) is 10.2. The Hall–Kier alpha value is -2.14. The molecule has 1 aliphatic heterocycles. The van der Waals surface area contributed by atoms with Crippen molar-refractivity contribution in [3.8, 4) is 0 Å². The number of hydrogen-bond acceptors (Lipinski definition) is 3. The molecule has 0 spiro atoms. The third kappa shape index (κ3) is 4.98. The monoisotopic (exact) mass is 368 g/mol. The molecule has 2 aromatic rings. The number of aromatic nitrogens is 2. The zero-order valence-corrected chi connectivity index (χ0v) is 16.8. The molecule has 3 rings (SSSR count). The molecule has 1 amide bonds. The summed E-state index contributed by atoms with van der Waals surface area (Å²) in [7, 11) is 0. The van der Waals surface area contributed by atoms with E-state index < -0.39 is 0 Å². The van der Waals surface area contributed by atoms with Crippen molar-refractivity contribution in [3.63, 3.8) is 0 Å². The predicted molar refractivity (Wildman–Crippen MR) is 109 cm³/mol. The molecule has 0 unspecified atom stereocenters. The molecule has 2 heterocycles. The number of aryl methyl sites for hydroxylation is 1. The largest absolute Gasteiger partial charge is 0.349 e. The maximum Gasteiger partial charge on any atom is 0.269 e. The molecule has 1 N–H and O–H groups in total. The number of rotatable bonds is 7. The van der Waals surface area contributed by atoms with Crippen molar-refractivity contribution in [1.82, 2.24) is 20.0 Å². The quantitative estimate of drug-likeness (QED) is 0.812. The smallest absolute Gasteiger partial charge is 0.269 e. The first kappa shape index (κ1) is 19.6. The summed E-state index contributed by atoms with van der Waals surface area (Å²) in [6, 6.07) is 12.7. The molecule has 5 nitrogen and oxygen atoms in total. The second-order valence-corrected chi connectivity index (χ2v) is 7.71. The lowest BCUT2D eigenvalue weighted by Gasteiger charge is -2.32. The molecule has 1 aliphatic rings. The molecule has 1 aromatic carbocycles. The van der Waals surface area contributed by atoms with E-state index in [9.17, 15) is 4.79 Å². The summed E-state index contributed by atoms with van der Waals surface area (Å²) in [6.07, 6.45) is 2.39. The molecule has 0 saturated carbocycles. The first-order chi connectivity index (χ1) is 13.1. The summed E-state index contributed by atoms with van der Waals surface area (Å²) in [5.74, 6) is 0.982.